The normalized spacial score (nSPS) is 19.2. The summed E-state index contributed by atoms with van der Waals surface area (Å²) >= 11 is 0. The van der Waals surface area contributed by atoms with Crippen molar-refractivity contribution in [3.8, 4) is 0 Å². The van der Waals surface area contributed by atoms with Crippen LogP contribution in [0.3, 0.4) is 0 Å². The predicted molar refractivity (Wildman–Crippen MR) is 120 cm³/mol. The summed E-state index contributed by atoms with van der Waals surface area (Å²) in [5.41, 5.74) is 3.44. The van der Waals surface area contributed by atoms with E-state index in [9.17, 15) is 9.90 Å². The van der Waals surface area contributed by atoms with E-state index >= 15 is 0 Å². The van der Waals surface area contributed by atoms with Crippen molar-refractivity contribution in [1.82, 2.24) is 19.4 Å². The van der Waals surface area contributed by atoms with E-state index in [0.29, 0.717) is 31.1 Å². The Balaban J connectivity index is 1.21. The van der Waals surface area contributed by atoms with E-state index in [-0.39, 0.29) is 17.9 Å². The highest BCUT2D eigenvalue weighted by Gasteiger charge is 2.28. The monoisotopic (exact) mass is 418 g/mol. The first-order chi connectivity index (χ1) is 15.2. The van der Waals surface area contributed by atoms with E-state index in [4.69, 9.17) is 0 Å². The van der Waals surface area contributed by atoms with Crippen molar-refractivity contribution >= 4 is 17.1 Å². The van der Waals surface area contributed by atoms with Gasteiger partial charge in [-0.25, -0.2) is 9.97 Å². The average molecular weight is 419 g/mol. The zero-order valence-electron chi connectivity index (χ0n) is 17.9. The Labute approximate surface area is 182 Å². The number of likely N-dealkylation sites (tertiary alicyclic amines) is 1. The minimum Gasteiger partial charge on any atom is -0.392 e. The van der Waals surface area contributed by atoms with Gasteiger partial charge in [-0.2, -0.15) is 0 Å². The van der Waals surface area contributed by atoms with Crippen LogP contribution in [0.2, 0.25) is 0 Å². The van der Waals surface area contributed by atoms with Crippen LogP contribution in [-0.4, -0.2) is 49.6 Å². The van der Waals surface area contributed by atoms with Crippen molar-refractivity contribution in [3.05, 3.63) is 60.0 Å². The molecule has 0 spiro atoms. The summed E-state index contributed by atoms with van der Waals surface area (Å²) in [6.45, 7) is 1.34. The van der Waals surface area contributed by atoms with Gasteiger partial charge in [-0.3, -0.25) is 4.79 Å². The van der Waals surface area contributed by atoms with E-state index in [1.165, 1.54) is 25.7 Å². The topological polar surface area (TPSA) is 71.2 Å². The molecule has 2 fully saturated rings. The number of aliphatic hydroxyl groups excluding tert-OH is 1. The SMILES string of the molecule is O=C(c1cnc2c(c1)ncn2C1CCCC1)N1CCC(C(O)Cc2ccccc2)CC1. The molecule has 1 atom stereocenters. The lowest BCUT2D eigenvalue weighted by atomic mass is 9.88. The molecule has 0 radical (unpaired) electrons. The fourth-order valence-electron chi connectivity index (χ4n) is 5.18. The Morgan fingerprint density at radius 1 is 1.06 bits per heavy atom. The van der Waals surface area contributed by atoms with Crippen LogP contribution in [0.4, 0.5) is 0 Å². The maximum absolute atomic E-state index is 13.1. The summed E-state index contributed by atoms with van der Waals surface area (Å²) in [5, 5.41) is 10.7. The molecule has 1 aliphatic carbocycles. The van der Waals surface area contributed by atoms with Crippen LogP contribution in [0.15, 0.2) is 48.9 Å². The fraction of sp³-hybridized carbons (Fsp3) is 0.480. The molecule has 31 heavy (non-hydrogen) atoms. The molecule has 5 rings (SSSR count). The number of pyridine rings is 1. The van der Waals surface area contributed by atoms with Gasteiger partial charge in [0, 0.05) is 25.3 Å². The molecule has 6 heteroatoms. The van der Waals surface area contributed by atoms with Gasteiger partial charge >= 0.3 is 0 Å². The fourth-order valence-corrected chi connectivity index (χ4v) is 5.18. The molecule has 1 aromatic carbocycles. The molecule has 3 heterocycles. The minimum absolute atomic E-state index is 0.0146. The highest BCUT2D eigenvalue weighted by Crippen LogP contribution is 2.31. The number of amides is 1. The van der Waals surface area contributed by atoms with Crippen molar-refractivity contribution in [1.29, 1.82) is 0 Å². The molecule has 1 saturated carbocycles. The maximum Gasteiger partial charge on any atom is 0.255 e. The molecule has 162 valence electrons. The van der Waals surface area contributed by atoms with E-state index in [0.717, 1.165) is 29.6 Å². The van der Waals surface area contributed by atoms with Crippen molar-refractivity contribution in [2.75, 3.05) is 13.1 Å². The number of hydrogen-bond donors (Lipinski definition) is 1. The maximum atomic E-state index is 13.1. The van der Waals surface area contributed by atoms with Gasteiger partial charge in [-0.15, -0.1) is 0 Å². The number of piperidine rings is 1. The number of carbonyl (C=O) groups is 1. The highest BCUT2D eigenvalue weighted by atomic mass is 16.3. The van der Waals surface area contributed by atoms with Crippen LogP contribution in [0.5, 0.6) is 0 Å². The molecule has 1 amide bonds. The molecular weight excluding hydrogens is 388 g/mol. The summed E-state index contributed by atoms with van der Waals surface area (Å²) < 4.78 is 2.18. The van der Waals surface area contributed by atoms with Gasteiger partial charge in [0.25, 0.3) is 5.91 Å². The van der Waals surface area contributed by atoms with E-state index in [1.54, 1.807) is 6.20 Å². The zero-order chi connectivity index (χ0) is 21.2. The van der Waals surface area contributed by atoms with Crippen LogP contribution < -0.4 is 0 Å². The van der Waals surface area contributed by atoms with Crippen LogP contribution >= 0.6 is 0 Å². The lowest BCUT2D eigenvalue weighted by molar-refractivity contribution is 0.0467. The summed E-state index contributed by atoms with van der Waals surface area (Å²) in [6, 6.07) is 12.5. The molecule has 2 aliphatic rings. The largest absolute Gasteiger partial charge is 0.392 e. The number of rotatable bonds is 5. The summed E-state index contributed by atoms with van der Waals surface area (Å²) in [5.74, 6) is 0.243. The molecule has 1 aliphatic heterocycles. The number of imidazole rings is 1. The summed E-state index contributed by atoms with van der Waals surface area (Å²) in [7, 11) is 0. The lowest BCUT2D eigenvalue weighted by Gasteiger charge is -2.34. The molecule has 1 N–H and O–H groups in total. The van der Waals surface area contributed by atoms with Gasteiger partial charge in [0.1, 0.15) is 5.52 Å². The molecule has 0 bridgehead atoms. The standard InChI is InChI=1S/C25H30N4O2/c30-23(14-18-6-2-1-3-7-18)19-10-12-28(13-11-19)25(31)20-15-22-24(26-16-20)29(17-27-22)21-8-4-5-9-21/h1-3,6-7,15-17,19,21,23,30H,4-5,8-14H2. The molecule has 6 nitrogen and oxygen atoms in total. The third kappa shape index (κ3) is 4.22. The van der Waals surface area contributed by atoms with Crippen molar-refractivity contribution in [2.24, 2.45) is 5.92 Å². The predicted octanol–water partition coefficient (Wildman–Crippen LogP) is 4.00. The Morgan fingerprint density at radius 3 is 2.55 bits per heavy atom. The average Bonchev–Trinajstić information content (AvgIpc) is 3.48. The van der Waals surface area contributed by atoms with E-state index in [1.807, 2.05) is 35.5 Å². The number of hydrogen-bond acceptors (Lipinski definition) is 4. The van der Waals surface area contributed by atoms with Crippen molar-refractivity contribution in [2.45, 2.75) is 57.1 Å². The van der Waals surface area contributed by atoms with Crippen molar-refractivity contribution < 1.29 is 9.90 Å². The van der Waals surface area contributed by atoms with Gasteiger partial charge in [0.2, 0.25) is 0 Å². The Bertz CT molecular complexity index is 1030. The Morgan fingerprint density at radius 2 is 1.81 bits per heavy atom. The van der Waals surface area contributed by atoms with Crippen LogP contribution in [0.1, 0.15) is 60.5 Å². The smallest absolute Gasteiger partial charge is 0.255 e. The molecule has 1 unspecified atom stereocenters. The van der Waals surface area contributed by atoms with E-state index < -0.39 is 0 Å². The van der Waals surface area contributed by atoms with E-state index in [2.05, 4.69) is 26.7 Å². The number of carbonyl (C=O) groups excluding carboxylic acids is 1. The molecular formula is C25H30N4O2. The number of benzene rings is 1. The second kappa shape index (κ2) is 8.79. The Hall–Kier alpha value is -2.73. The number of fused-ring (bicyclic) bond motifs is 1. The first kappa shape index (κ1) is 20.2. The first-order valence-electron chi connectivity index (χ1n) is 11.5. The van der Waals surface area contributed by atoms with Gasteiger partial charge in [-0.05, 0) is 49.7 Å². The third-order valence-electron chi connectivity index (χ3n) is 7.04. The molecule has 2 aromatic heterocycles. The second-order valence-electron chi connectivity index (χ2n) is 9.04. The number of aliphatic hydroxyl groups is 1. The van der Waals surface area contributed by atoms with Crippen LogP contribution in [0.25, 0.3) is 11.2 Å². The minimum atomic E-state index is -0.364. The third-order valence-corrected chi connectivity index (χ3v) is 7.04. The van der Waals surface area contributed by atoms with Crippen LogP contribution in [0, 0.1) is 5.92 Å². The van der Waals surface area contributed by atoms with Gasteiger partial charge in [0.15, 0.2) is 5.65 Å². The second-order valence-corrected chi connectivity index (χ2v) is 9.04. The molecule has 1 saturated heterocycles. The Kier molecular flexibility index (Phi) is 5.72. The van der Waals surface area contributed by atoms with Crippen LogP contribution in [-0.2, 0) is 6.42 Å². The van der Waals surface area contributed by atoms with Gasteiger partial charge in [0.05, 0.1) is 18.0 Å². The van der Waals surface area contributed by atoms with Crippen molar-refractivity contribution in [3.63, 3.8) is 0 Å². The highest BCUT2D eigenvalue weighted by molar-refractivity contribution is 5.96. The number of aromatic nitrogens is 3. The van der Waals surface area contributed by atoms with Gasteiger partial charge < -0.3 is 14.6 Å². The molecule has 3 aromatic rings. The summed E-state index contributed by atoms with van der Waals surface area (Å²) in [6.07, 6.45) is 10.4. The van der Waals surface area contributed by atoms with Gasteiger partial charge in [-0.1, -0.05) is 43.2 Å². The summed E-state index contributed by atoms with van der Waals surface area (Å²) in [4.78, 5) is 24.1. The first-order valence-corrected chi connectivity index (χ1v) is 11.5. The number of nitrogens with zero attached hydrogens (tertiary/aromatic N) is 4. The zero-order valence-corrected chi connectivity index (χ0v) is 17.9. The lowest BCUT2D eigenvalue weighted by Crippen LogP contribution is -2.41. The quantitative estimate of drug-likeness (QED) is 0.680.